The van der Waals surface area contributed by atoms with Gasteiger partial charge in [0.25, 0.3) is 0 Å². The highest BCUT2D eigenvalue weighted by atomic mass is 16.5. The van der Waals surface area contributed by atoms with Crippen LogP contribution >= 0.6 is 0 Å². The monoisotopic (exact) mass is 249 g/mol. The average Bonchev–Trinajstić information content (AvgIpc) is 2.39. The molecule has 1 aliphatic rings. The Labute approximate surface area is 109 Å². The first kappa shape index (κ1) is 13.3. The van der Waals surface area contributed by atoms with E-state index in [1.165, 1.54) is 5.56 Å². The molecule has 1 saturated heterocycles. The van der Waals surface area contributed by atoms with Gasteiger partial charge in [0.1, 0.15) is 0 Å². The topological polar surface area (TPSA) is 37.4 Å². The molecule has 0 saturated carbocycles. The molecule has 100 valence electrons. The molecule has 0 aromatic carbocycles. The van der Waals surface area contributed by atoms with Crippen LogP contribution in [0.25, 0.3) is 0 Å². The average molecular weight is 249 g/mol. The number of hydrogen-bond acceptors (Lipinski definition) is 4. The molecule has 1 N–H and O–H groups in total. The van der Waals surface area contributed by atoms with E-state index in [2.05, 4.69) is 35.1 Å². The SMILES string of the molecule is CCC1(C)CN(Cc2ccnc(OC)c2)CCN1. The van der Waals surface area contributed by atoms with Crippen molar-refractivity contribution in [2.45, 2.75) is 32.4 Å². The molecular formula is C14H23N3O. The van der Waals surface area contributed by atoms with Crippen molar-refractivity contribution in [3.8, 4) is 5.88 Å². The van der Waals surface area contributed by atoms with E-state index in [-0.39, 0.29) is 5.54 Å². The molecule has 1 aromatic rings. The number of nitrogens with zero attached hydrogens (tertiary/aromatic N) is 2. The standard InChI is InChI=1S/C14H23N3O/c1-4-14(2)11-17(8-7-16-14)10-12-5-6-15-13(9-12)18-3/h5-6,9,16H,4,7-8,10-11H2,1-3H3. The fourth-order valence-corrected chi connectivity index (χ4v) is 2.43. The van der Waals surface area contributed by atoms with Crippen LogP contribution in [-0.2, 0) is 6.54 Å². The van der Waals surface area contributed by atoms with Crippen LogP contribution in [0.15, 0.2) is 18.3 Å². The number of methoxy groups -OCH3 is 1. The van der Waals surface area contributed by atoms with Crippen LogP contribution in [0.1, 0.15) is 25.8 Å². The minimum atomic E-state index is 0.245. The third-order valence-electron chi connectivity index (χ3n) is 3.75. The predicted octanol–water partition coefficient (Wildman–Crippen LogP) is 1.66. The van der Waals surface area contributed by atoms with Gasteiger partial charge in [-0.2, -0.15) is 0 Å². The van der Waals surface area contributed by atoms with Gasteiger partial charge in [-0.1, -0.05) is 6.92 Å². The van der Waals surface area contributed by atoms with Crippen molar-refractivity contribution in [3.05, 3.63) is 23.9 Å². The maximum absolute atomic E-state index is 5.16. The van der Waals surface area contributed by atoms with E-state index in [1.807, 2.05) is 12.3 Å². The van der Waals surface area contributed by atoms with Gasteiger partial charge in [0, 0.05) is 44.0 Å². The summed E-state index contributed by atoms with van der Waals surface area (Å²) in [7, 11) is 1.66. The van der Waals surface area contributed by atoms with Crippen molar-refractivity contribution in [2.24, 2.45) is 0 Å². The summed E-state index contributed by atoms with van der Waals surface area (Å²) in [6, 6.07) is 4.08. The number of nitrogens with one attached hydrogen (secondary N) is 1. The lowest BCUT2D eigenvalue weighted by atomic mass is 9.95. The summed E-state index contributed by atoms with van der Waals surface area (Å²) in [6.45, 7) is 8.76. The third-order valence-corrected chi connectivity index (χ3v) is 3.75. The van der Waals surface area contributed by atoms with Gasteiger partial charge in [0.15, 0.2) is 0 Å². The van der Waals surface area contributed by atoms with Gasteiger partial charge in [-0.25, -0.2) is 4.98 Å². The van der Waals surface area contributed by atoms with Crippen molar-refractivity contribution in [1.82, 2.24) is 15.2 Å². The van der Waals surface area contributed by atoms with E-state index in [0.29, 0.717) is 5.88 Å². The molecule has 2 rings (SSSR count). The van der Waals surface area contributed by atoms with E-state index in [9.17, 15) is 0 Å². The fraction of sp³-hybridized carbons (Fsp3) is 0.643. The Morgan fingerprint density at radius 1 is 1.56 bits per heavy atom. The van der Waals surface area contributed by atoms with Gasteiger partial charge in [-0.05, 0) is 25.0 Å². The Morgan fingerprint density at radius 3 is 3.11 bits per heavy atom. The minimum Gasteiger partial charge on any atom is -0.481 e. The Morgan fingerprint density at radius 2 is 2.39 bits per heavy atom. The molecule has 0 aliphatic carbocycles. The maximum atomic E-state index is 5.16. The number of rotatable bonds is 4. The van der Waals surface area contributed by atoms with Crippen LogP contribution in [-0.4, -0.2) is 42.2 Å². The first-order valence-corrected chi connectivity index (χ1v) is 6.61. The van der Waals surface area contributed by atoms with E-state index < -0.39 is 0 Å². The summed E-state index contributed by atoms with van der Waals surface area (Å²) in [5.41, 5.74) is 1.51. The van der Waals surface area contributed by atoms with Crippen LogP contribution in [0.3, 0.4) is 0 Å². The summed E-state index contributed by atoms with van der Waals surface area (Å²) in [4.78, 5) is 6.64. The van der Waals surface area contributed by atoms with Gasteiger partial charge in [0.05, 0.1) is 7.11 Å². The molecule has 2 heterocycles. The van der Waals surface area contributed by atoms with Gasteiger partial charge < -0.3 is 10.1 Å². The molecule has 4 nitrogen and oxygen atoms in total. The summed E-state index contributed by atoms with van der Waals surface area (Å²) in [6.07, 6.45) is 2.97. The summed E-state index contributed by atoms with van der Waals surface area (Å²) in [5.74, 6) is 0.695. The lowest BCUT2D eigenvalue weighted by molar-refractivity contribution is 0.133. The second-order valence-corrected chi connectivity index (χ2v) is 5.26. The molecule has 1 aromatic heterocycles. The van der Waals surface area contributed by atoms with Crippen LogP contribution in [0.5, 0.6) is 5.88 Å². The molecule has 1 fully saturated rings. The van der Waals surface area contributed by atoms with Crippen molar-refractivity contribution in [2.75, 3.05) is 26.7 Å². The van der Waals surface area contributed by atoms with Gasteiger partial charge in [0.2, 0.25) is 5.88 Å². The number of piperazine rings is 1. The van der Waals surface area contributed by atoms with Crippen LogP contribution in [0.2, 0.25) is 0 Å². The zero-order valence-corrected chi connectivity index (χ0v) is 11.6. The van der Waals surface area contributed by atoms with Crippen molar-refractivity contribution in [3.63, 3.8) is 0 Å². The maximum Gasteiger partial charge on any atom is 0.213 e. The summed E-state index contributed by atoms with van der Waals surface area (Å²) in [5, 5.41) is 3.60. The minimum absolute atomic E-state index is 0.245. The zero-order valence-electron chi connectivity index (χ0n) is 11.6. The predicted molar refractivity (Wildman–Crippen MR) is 72.8 cm³/mol. The fourth-order valence-electron chi connectivity index (χ4n) is 2.43. The normalized spacial score (nSPS) is 25.1. The Bertz CT molecular complexity index is 396. The number of ether oxygens (including phenoxy) is 1. The first-order valence-electron chi connectivity index (χ1n) is 6.61. The summed E-state index contributed by atoms with van der Waals surface area (Å²) < 4.78 is 5.16. The number of pyridine rings is 1. The summed E-state index contributed by atoms with van der Waals surface area (Å²) >= 11 is 0. The molecule has 0 spiro atoms. The Hall–Kier alpha value is -1.13. The highest BCUT2D eigenvalue weighted by Gasteiger charge is 2.28. The van der Waals surface area contributed by atoms with Crippen molar-refractivity contribution < 1.29 is 4.74 Å². The molecule has 1 atom stereocenters. The van der Waals surface area contributed by atoms with E-state index in [4.69, 9.17) is 4.74 Å². The molecule has 0 amide bonds. The second kappa shape index (κ2) is 5.67. The Kier molecular flexibility index (Phi) is 4.19. The van der Waals surface area contributed by atoms with Crippen LogP contribution < -0.4 is 10.1 Å². The lowest BCUT2D eigenvalue weighted by Gasteiger charge is -2.41. The zero-order chi connectivity index (χ0) is 13.0. The smallest absolute Gasteiger partial charge is 0.213 e. The largest absolute Gasteiger partial charge is 0.481 e. The van der Waals surface area contributed by atoms with Gasteiger partial charge in [-0.15, -0.1) is 0 Å². The highest BCUT2D eigenvalue weighted by molar-refractivity contribution is 5.20. The van der Waals surface area contributed by atoms with Gasteiger partial charge in [-0.3, -0.25) is 4.90 Å². The Balaban J connectivity index is 2.00. The van der Waals surface area contributed by atoms with Crippen molar-refractivity contribution >= 4 is 0 Å². The van der Waals surface area contributed by atoms with E-state index >= 15 is 0 Å². The molecule has 4 heteroatoms. The van der Waals surface area contributed by atoms with E-state index in [0.717, 1.165) is 32.6 Å². The quantitative estimate of drug-likeness (QED) is 0.880. The van der Waals surface area contributed by atoms with Gasteiger partial charge >= 0.3 is 0 Å². The number of hydrogen-bond donors (Lipinski definition) is 1. The molecular weight excluding hydrogens is 226 g/mol. The van der Waals surface area contributed by atoms with Crippen LogP contribution in [0.4, 0.5) is 0 Å². The second-order valence-electron chi connectivity index (χ2n) is 5.26. The van der Waals surface area contributed by atoms with E-state index in [1.54, 1.807) is 7.11 Å². The highest BCUT2D eigenvalue weighted by Crippen LogP contribution is 2.18. The molecule has 1 aliphatic heterocycles. The molecule has 18 heavy (non-hydrogen) atoms. The third kappa shape index (κ3) is 3.21. The molecule has 1 unspecified atom stereocenters. The number of aromatic nitrogens is 1. The molecule has 0 radical (unpaired) electrons. The molecule has 0 bridgehead atoms. The lowest BCUT2D eigenvalue weighted by Crippen LogP contribution is -2.58. The van der Waals surface area contributed by atoms with Crippen molar-refractivity contribution in [1.29, 1.82) is 0 Å². The first-order chi connectivity index (χ1) is 8.65. The van der Waals surface area contributed by atoms with Crippen LogP contribution in [0, 0.1) is 0 Å².